The van der Waals surface area contributed by atoms with E-state index in [1.807, 2.05) is 6.92 Å². The summed E-state index contributed by atoms with van der Waals surface area (Å²) >= 11 is 0. The van der Waals surface area contributed by atoms with Crippen LogP contribution >= 0.6 is 0 Å². The Morgan fingerprint density at radius 1 is 1.31 bits per heavy atom. The van der Waals surface area contributed by atoms with E-state index in [1.54, 1.807) is 0 Å². The summed E-state index contributed by atoms with van der Waals surface area (Å²) in [6.07, 6.45) is 3.93. The summed E-state index contributed by atoms with van der Waals surface area (Å²) in [5.41, 5.74) is 1.08. The molecule has 0 rings (SSSR count). The van der Waals surface area contributed by atoms with E-state index >= 15 is 0 Å². The van der Waals surface area contributed by atoms with E-state index in [2.05, 4.69) is 32.7 Å². The monoisotopic (exact) mass is 183 g/mol. The average Bonchev–Trinajstić information content (AvgIpc) is 2.02. The highest BCUT2D eigenvalue weighted by Gasteiger charge is 2.11. The molecule has 0 bridgehead atoms. The quantitative estimate of drug-likeness (QED) is 0.636. The fraction of sp³-hybridized carbons (Fsp3) is 0.833. The lowest BCUT2D eigenvalue weighted by Crippen LogP contribution is -2.18. The Labute approximate surface area is 83.6 Å². The molecule has 0 spiro atoms. The Morgan fingerprint density at radius 3 is 2.31 bits per heavy atom. The summed E-state index contributed by atoms with van der Waals surface area (Å²) in [6, 6.07) is 0. The van der Waals surface area contributed by atoms with E-state index in [4.69, 9.17) is 0 Å². The molecule has 0 aliphatic heterocycles. The van der Waals surface area contributed by atoms with Crippen LogP contribution in [0.3, 0.4) is 0 Å². The molecule has 0 saturated carbocycles. The minimum Gasteiger partial charge on any atom is -0.389 e. The molecule has 1 atom stereocenters. The van der Waals surface area contributed by atoms with E-state index in [0.29, 0.717) is 0 Å². The molecule has 0 aliphatic carbocycles. The zero-order valence-electron chi connectivity index (χ0n) is 9.69. The molecule has 0 fully saturated rings. The maximum absolute atomic E-state index is 3.83. The molecule has 0 saturated heterocycles. The molecule has 1 heteroatoms. The van der Waals surface area contributed by atoms with Crippen LogP contribution in [0.25, 0.3) is 0 Å². The molecule has 1 N–H and O–H groups in total. The van der Waals surface area contributed by atoms with Crippen LogP contribution in [0.5, 0.6) is 0 Å². The lowest BCUT2D eigenvalue weighted by atomic mass is 9.88. The predicted octanol–water partition coefficient (Wildman–Crippen LogP) is 3.57. The van der Waals surface area contributed by atoms with Gasteiger partial charge in [-0.1, -0.05) is 40.2 Å². The summed E-state index contributed by atoms with van der Waals surface area (Å²) in [6.45, 7) is 13.8. The van der Waals surface area contributed by atoms with Crippen molar-refractivity contribution in [2.45, 2.75) is 47.0 Å². The zero-order valence-corrected chi connectivity index (χ0v) is 9.69. The number of hydrogen-bond acceptors (Lipinski definition) is 1. The van der Waals surface area contributed by atoms with Gasteiger partial charge in [-0.2, -0.15) is 0 Å². The van der Waals surface area contributed by atoms with Gasteiger partial charge >= 0.3 is 0 Å². The molecule has 13 heavy (non-hydrogen) atoms. The molecule has 0 aromatic heterocycles. The molecule has 0 amide bonds. The van der Waals surface area contributed by atoms with Crippen molar-refractivity contribution >= 4 is 0 Å². The van der Waals surface area contributed by atoms with Crippen molar-refractivity contribution in [2.75, 3.05) is 6.54 Å². The van der Waals surface area contributed by atoms with Gasteiger partial charge < -0.3 is 5.32 Å². The first-order valence-corrected chi connectivity index (χ1v) is 5.47. The van der Waals surface area contributed by atoms with Gasteiger partial charge in [0.15, 0.2) is 0 Å². The van der Waals surface area contributed by atoms with Crippen molar-refractivity contribution in [3.8, 4) is 0 Å². The zero-order chi connectivity index (χ0) is 10.3. The van der Waals surface area contributed by atoms with E-state index in [1.165, 1.54) is 19.3 Å². The van der Waals surface area contributed by atoms with Gasteiger partial charge in [-0.3, -0.25) is 0 Å². The maximum atomic E-state index is 3.83. The van der Waals surface area contributed by atoms with Crippen molar-refractivity contribution in [3.05, 3.63) is 12.3 Å². The summed E-state index contributed by atoms with van der Waals surface area (Å²) in [5, 5.41) is 3.29. The lowest BCUT2D eigenvalue weighted by Gasteiger charge is -2.20. The van der Waals surface area contributed by atoms with Crippen LogP contribution in [0, 0.1) is 11.8 Å². The van der Waals surface area contributed by atoms with Gasteiger partial charge in [0.2, 0.25) is 0 Å². The van der Waals surface area contributed by atoms with Crippen LogP contribution in [0.4, 0.5) is 0 Å². The van der Waals surface area contributed by atoms with Crippen molar-refractivity contribution in [1.82, 2.24) is 5.32 Å². The normalized spacial score (nSPS) is 13.0. The van der Waals surface area contributed by atoms with Gasteiger partial charge in [0, 0.05) is 12.2 Å². The lowest BCUT2D eigenvalue weighted by molar-refractivity contribution is 0.332. The third kappa shape index (κ3) is 6.68. The number of allylic oxidation sites excluding steroid dienone is 1. The Morgan fingerprint density at radius 2 is 1.92 bits per heavy atom. The Bertz CT molecular complexity index is 138. The molecule has 1 nitrogen and oxygen atoms in total. The summed E-state index contributed by atoms with van der Waals surface area (Å²) in [5.74, 6) is 1.68. The second-order valence-electron chi connectivity index (χ2n) is 4.29. The van der Waals surface area contributed by atoms with Crippen molar-refractivity contribution < 1.29 is 0 Å². The Kier molecular flexibility index (Phi) is 6.75. The molecular weight excluding hydrogens is 158 g/mol. The Hall–Kier alpha value is -0.460. The van der Waals surface area contributed by atoms with Crippen LogP contribution in [0.2, 0.25) is 0 Å². The SMILES string of the molecule is C=C(C)NCCC(CCC)C(C)C. The van der Waals surface area contributed by atoms with Gasteiger partial charge in [0.25, 0.3) is 0 Å². The molecule has 0 aromatic carbocycles. The fourth-order valence-corrected chi connectivity index (χ4v) is 1.65. The fourth-order valence-electron chi connectivity index (χ4n) is 1.65. The smallest absolute Gasteiger partial charge is 0.0146 e. The topological polar surface area (TPSA) is 12.0 Å². The van der Waals surface area contributed by atoms with Crippen molar-refractivity contribution in [3.63, 3.8) is 0 Å². The molecule has 0 heterocycles. The first-order chi connectivity index (χ1) is 6.07. The highest BCUT2D eigenvalue weighted by atomic mass is 14.9. The molecule has 0 aromatic rings. The summed E-state index contributed by atoms with van der Waals surface area (Å²) in [4.78, 5) is 0. The van der Waals surface area contributed by atoms with E-state index in [-0.39, 0.29) is 0 Å². The summed E-state index contributed by atoms with van der Waals surface area (Å²) in [7, 11) is 0. The van der Waals surface area contributed by atoms with E-state index in [9.17, 15) is 0 Å². The molecule has 78 valence electrons. The molecule has 0 radical (unpaired) electrons. The van der Waals surface area contributed by atoms with E-state index < -0.39 is 0 Å². The number of rotatable bonds is 7. The van der Waals surface area contributed by atoms with Crippen LogP contribution in [0.1, 0.15) is 47.0 Å². The third-order valence-corrected chi connectivity index (χ3v) is 2.54. The molecule has 0 aliphatic rings. The standard InChI is InChI=1S/C12H25N/c1-6-7-12(10(2)3)8-9-13-11(4)5/h10,12-13H,4,6-9H2,1-3,5H3. The van der Waals surface area contributed by atoms with Gasteiger partial charge in [-0.25, -0.2) is 0 Å². The number of nitrogens with one attached hydrogen (secondary N) is 1. The van der Waals surface area contributed by atoms with Crippen LogP contribution in [-0.4, -0.2) is 6.54 Å². The maximum Gasteiger partial charge on any atom is 0.0146 e. The molecular formula is C12H25N. The Balaban J connectivity index is 3.62. The molecule has 1 unspecified atom stereocenters. The predicted molar refractivity (Wildman–Crippen MR) is 60.7 cm³/mol. The average molecular weight is 183 g/mol. The first-order valence-electron chi connectivity index (χ1n) is 5.47. The highest BCUT2D eigenvalue weighted by molar-refractivity contribution is 4.84. The van der Waals surface area contributed by atoms with Crippen LogP contribution in [-0.2, 0) is 0 Å². The first kappa shape index (κ1) is 12.5. The van der Waals surface area contributed by atoms with Gasteiger partial charge in [0.1, 0.15) is 0 Å². The van der Waals surface area contributed by atoms with Crippen LogP contribution in [0.15, 0.2) is 12.3 Å². The van der Waals surface area contributed by atoms with E-state index in [0.717, 1.165) is 24.1 Å². The second kappa shape index (κ2) is 6.99. The minimum absolute atomic E-state index is 0.812. The van der Waals surface area contributed by atoms with Crippen molar-refractivity contribution in [1.29, 1.82) is 0 Å². The summed E-state index contributed by atoms with van der Waals surface area (Å²) < 4.78 is 0. The van der Waals surface area contributed by atoms with Gasteiger partial charge in [0.05, 0.1) is 0 Å². The van der Waals surface area contributed by atoms with Crippen molar-refractivity contribution in [2.24, 2.45) is 11.8 Å². The van der Waals surface area contributed by atoms with Gasteiger partial charge in [-0.15, -0.1) is 0 Å². The largest absolute Gasteiger partial charge is 0.389 e. The van der Waals surface area contributed by atoms with Gasteiger partial charge in [-0.05, 0) is 25.2 Å². The second-order valence-corrected chi connectivity index (χ2v) is 4.29. The highest BCUT2D eigenvalue weighted by Crippen LogP contribution is 2.20. The minimum atomic E-state index is 0.812. The number of hydrogen-bond donors (Lipinski definition) is 1. The third-order valence-electron chi connectivity index (χ3n) is 2.54. The van der Waals surface area contributed by atoms with Crippen LogP contribution < -0.4 is 5.32 Å².